The monoisotopic (exact) mass is 375 g/mol. The Kier molecular flexibility index (Phi) is 5.19. The van der Waals surface area contributed by atoms with E-state index in [0.29, 0.717) is 17.4 Å². The molecule has 0 saturated carbocycles. The fourth-order valence-electron chi connectivity index (χ4n) is 2.81. The van der Waals surface area contributed by atoms with Crippen LogP contribution in [0.3, 0.4) is 0 Å². The van der Waals surface area contributed by atoms with Crippen molar-refractivity contribution in [2.24, 2.45) is 0 Å². The molecule has 5 nitrogen and oxygen atoms in total. The van der Waals surface area contributed by atoms with Gasteiger partial charge in [-0.2, -0.15) is 0 Å². The molecule has 0 aliphatic heterocycles. The smallest absolute Gasteiger partial charge is 0.241 e. The van der Waals surface area contributed by atoms with Gasteiger partial charge in [-0.05, 0) is 56.2 Å². The highest BCUT2D eigenvalue weighted by atomic mass is 32.2. The average molecular weight is 376 g/mol. The van der Waals surface area contributed by atoms with Gasteiger partial charge in [0.05, 0.1) is 16.5 Å². The van der Waals surface area contributed by atoms with Crippen LogP contribution in [0.25, 0.3) is 10.9 Å². The van der Waals surface area contributed by atoms with Crippen molar-refractivity contribution in [1.29, 1.82) is 0 Å². The SMILES string of the molecule is Cc1ccc(S(=O)(=O)NCC(c2cccs2)N(C)C)c2cccnc12. The second-order valence-electron chi connectivity index (χ2n) is 6.13. The Morgan fingerprint density at radius 3 is 2.68 bits per heavy atom. The van der Waals surface area contributed by atoms with Crippen molar-refractivity contribution in [3.63, 3.8) is 0 Å². The van der Waals surface area contributed by atoms with E-state index < -0.39 is 10.0 Å². The van der Waals surface area contributed by atoms with E-state index in [4.69, 9.17) is 0 Å². The summed E-state index contributed by atoms with van der Waals surface area (Å²) in [5.41, 5.74) is 1.67. The van der Waals surface area contributed by atoms with Crippen LogP contribution in [0.2, 0.25) is 0 Å². The summed E-state index contributed by atoms with van der Waals surface area (Å²) >= 11 is 1.62. The maximum absolute atomic E-state index is 12.9. The summed E-state index contributed by atoms with van der Waals surface area (Å²) in [5, 5.41) is 2.65. The van der Waals surface area contributed by atoms with Crippen LogP contribution in [0.15, 0.2) is 52.9 Å². The fraction of sp³-hybridized carbons (Fsp3) is 0.278. The highest BCUT2D eigenvalue weighted by Crippen LogP contribution is 2.26. The molecule has 0 bridgehead atoms. The number of nitrogens with one attached hydrogen (secondary N) is 1. The third kappa shape index (κ3) is 3.74. The Balaban J connectivity index is 1.91. The number of hydrogen-bond acceptors (Lipinski definition) is 5. The summed E-state index contributed by atoms with van der Waals surface area (Å²) in [5.74, 6) is 0. The summed E-state index contributed by atoms with van der Waals surface area (Å²) in [6.45, 7) is 2.24. The summed E-state index contributed by atoms with van der Waals surface area (Å²) in [6.07, 6.45) is 1.68. The minimum absolute atomic E-state index is 0.00962. The van der Waals surface area contributed by atoms with Crippen LogP contribution < -0.4 is 4.72 Å². The van der Waals surface area contributed by atoms with Crippen molar-refractivity contribution in [3.8, 4) is 0 Å². The second-order valence-corrected chi connectivity index (χ2v) is 8.84. The Morgan fingerprint density at radius 2 is 2.00 bits per heavy atom. The number of likely N-dealkylation sites (N-methyl/N-ethyl adjacent to an activating group) is 1. The molecule has 7 heteroatoms. The summed E-state index contributed by atoms with van der Waals surface area (Å²) in [6, 6.07) is 11.0. The van der Waals surface area contributed by atoms with Gasteiger partial charge in [0.2, 0.25) is 10.0 Å². The third-order valence-corrected chi connectivity index (χ3v) is 6.64. The zero-order valence-electron chi connectivity index (χ0n) is 14.4. The van der Waals surface area contributed by atoms with Crippen LogP contribution in [0.1, 0.15) is 16.5 Å². The molecule has 132 valence electrons. The zero-order chi connectivity index (χ0) is 18.0. The largest absolute Gasteiger partial charge is 0.300 e. The molecule has 0 spiro atoms. The van der Waals surface area contributed by atoms with Gasteiger partial charge in [-0.15, -0.1) is 11.3 Å². The molecule has 1 atom stereocenters. The normalized spacial score (nSPS) is 13.4. The molecule has 1 unspecified atom stereocenters. The molecule has 3 rings (SSSR count). The number of fused-ring (bicyclic) bond motifs is 1. The molecule has 3 aromatic rings. The van der Waals surface area contributed by atoms with E-state index in [1.54, 1.807) is 41.8 Å². The summed E-state index contributed by atoms with van der Waals surface area (Å²) in [4.78, 5) is 7.73. The lowest BCUT2D eigenvalue weighted by molar-refractivity contribution is 0.303. The minimum atomic E-state index is -3.64. The van der Waals surface area contributed by atoms with E-state index in [1.807, 2.05) is 43.4 Å². The van der Waals surface area contributed by atoms with Gasteiger partial charge in [0.15, 0.2) is 0 Å². The summed E-state index contributed by atoms with van der Waals surface area (Å²) < 4.78 is 28.6. The van der Waals surface area contributed by atoms with Gasteiger partial charge in [-0.1, -0.05) is 12.1 Å². The molecule has 0 aliphatic carbocycles. The molecule has 2 aromatic heterocycles. The maximum Gasteiger partial charge on any atom is 0.241 e. The van der Waals surface area contributed by atoms with E-state index in [0.717, 1.165) is 10.4 Å². The van der Waals surface area contributed by atoms with E-state index in [1.165, 1.54) is 0 Å². The van der Waals surface area contributed by atoms with Crippen molar-refractivity contribution >= 4 is 32.3 Å². The number of thiophene rings is 1. The van der Waals surface area contributed by atoms with E-state index in [2.05, 4.69) is 9.71 Å². The molecule has 25 heavy (non-hydrogen) atoms. The fourth-order valence-corrected chi connectivity index (χ4v) is 4.96. The number of aromatic nitrogens is 1. The average Bonchev–Trinajstić information content (AvgIpc) is 3.09. The first-order chi connectivity index (χ1) is 11.9. The van der Waals surface area contributed by atoms with Crippen LogP contribution in [-0.2, 0) is 10.0 Å². The van der Waals surface area contributed by atoms with Gasteiger partial charge < -0.3 is 4.90 Å². The number of hydrogen-bond donors (Lipinski definition) is 1. The Bertz CT molecular complexity index is 967. The van der Waals surface area contributed by atoms with Gasteiger partial charge >= 0.3 is 0 Å². The predicted molar refractivity (Wildman–Crippen MR) is 102 cm³/mol. The minimum Gasteiger partial charge on any atom is -0.300 e. The van der Waals surface area contributed by atoms with Gasteiger partial charge in [0, 0.05) is 23.0 Å². The van der Waals surface area contributed by atoms with Crippen molar-refractivity contribution in [2.45, 2.75) is 17.9 Å². The highest BCUT2D eigenvalue weighted by Gasteiger charge is 2.22. The molecule has 0 amide bonds. The van der Waals surface area contributed by atoms with E-state index >= 15 is 0 Å². The molecule has 1 N–H and O–H groups in total. The number of pyridine rings is 1. The lowest BCUT2D eigenvalue weighted by atomic mass is 10.1. The molecular formula is C18H21N3O2S2. The number of sulfonamides is 1. The van der Waals surface area contributed by atoms with Gasteiger partial charge in [-0.25, -0.2) is 13.1 Å². The highest BCUT2D eigenvalue weighted by molar-refractivity contribution is 7.89. The van der Waals surface area contributed by atoms with Gasteiger partial charge in [-0.3, -0.25) is 4.98 Å². The lowest BCUT2D eigenvalue weighted by Crippen LogP contribution is -2.34. The molecular weight excluding hydrogens is 354 g/mol. The van der Waals surface area contributed by atoms with Crippen molar-refractivity contribution in [3.05, 3.63) is 58.4 Å². The first kappa shape index (κ1) is 18.0. The molecule has 1 aromatic carbocycles. The number of aryl methyl sites for hydroxylation is 1. The maximum atomic E-state index is 12.9. The second kappa shape index (κ2) is 7.21. The Labute approximate surface area is 152 Å². The topological polar surface area (TPSA) is 62.3 Å². The first-order valence-electron chi connectivity index (χ1n) is 7.94. The van der Waals surface area contributed by atoms with Crippen LogP contribution in [0, 0.1) is 6.92 Å². The van der Waals surface area contributed by atoms with Crippen LogP contribution in [0.5, 0.6) is 0 Å². The quantitative estimate of drug-likeness (QED) is 0.719. The van der Waals surface area contributed by atoms with Crippen molar-refractivity contribution in [2.75, 3.05) is 20.6 Å². The number of benzene rings is 1. The number of nitrogens with zero attached hydrogens (tertiary/aromatic N) is 2. The lowest BCUT2D eigenvalue weighted by Gasteiger charge is -2.23. The van der Waals surface area contributed by atoms with Crippen LogP contribution in [0.4, 0.5) is 0 Å². The molecule has 0 aliphatic rings. The van der Waals surface area contributed by atoms with Crippen LogP contribution in [-0.4, -0.2) is 38.9 Å². The van der Waals surface area contributed by atoms with Gasteiger partial charge in [0.1, 0.15) is 0 Å². The van der Waals surface area contributed by atoms with Crippen molar-refractivity contribution in [1.82, 2.24) is 14.6 Å². The van der Waals surface area contributed by atoms with Gasteiger partial charge in [0.25, 0.3) is 0 Å². The zero-order valence-corrected chi connectivity index (χ0v) is 16.1. The Hall–Kier alpha value is -1.80. The van der Waals surface area contributed by atoms with Crippen LogP contribution >= 0.6 is 11.3 Å². The number of rotatable bonds is 6. The first-order valence-corrected chi connectivity index (χ1v) is 10.3. The molecule has 2 heterocycles. The predicted octanol–water partition coefficient (Wildman–Crippen LogP) is 3.19. The molecule has 0 saturated heterocycles. The van der Waals surface area contributed by atoms with Crippen molar-refractivity contribution < 1.29 is 8.42 Å². The molecule has 0 radical (unpaired) electrons. The summed E-state index contributed by atoms with van der Waals surface area (Å²) in [7, 11) is 0.261. The molecule has 0 fully saturated rings. The third-order valence-electron chi connectivity index (χ3n) is 4.18. The van der Waals surface area contributed by atoms with E-state index in [9.17, 15) is 8.42 Å². The standard InChI is InChI=1S/C18H21N3O2S2/c1-13-8-9-17(14-6-4-10-19-18(13)14)25(22,23)20-12-15(21(2)3)16-7-5-11-24-16/h4-11,15,20H,12H2,1-3H3. The van der Waals surface area contributed by atoms with E-state index in [-0.39, 0.29) is 10.9 Å². The Morgan fingerprint density at radius 1 is 1.20 bits per heavy atom.